The molecule has 4 rings (SSSR count). The normalized spacial score (nSPS) is 23.9. The Bertz CT molecular complexity index is 1160. The second-order valence-corrected chi connectivity index (χ2v) is 12.9. The minimum Gasteiger partial charge on any atom is -0.494 e. The maximum atomic E-state index is 13.4. The monoisotopic (exact) mass is 498 g/mol. The number of nitrogens with zero attached hydrogens (tertiary/aromatic N) is 2. The van der Waals surface area contributed by atoms with Gasteiger partial charge in [0.25, 0.3) is 0 Å². The second kappa shape index (κ2) is 9.21. The summed E-state index contributed by atoms with van der Waals surface area (Å²) in [4.78, 5) is 4.33. The summed E-state index contributed by atoms with van der Waals surface area (Å²) >= 11 is 6.10. The zero-order valence-electron chi connectivity index (χ0n) is 17.9. The molecule has 10 heteroatoms. The molecule has 0 aliphatic carbocycles. The fourth-order valence-corrected chi connectivity index (χ4v) is 9.50. The van der Waals surface area contributed by atoms with Crippen molar-refractivity contribution in [2.24, 2.45) is 0 Å². The number of anilines is 1. The summed E-state index contributed by atoms with van der Waals surface area (Å²) in [5, 5.41) is -0.323. The van der Waals surface area contributed by atoms with Crippen molar-refractivity contribution in [3.8, 4) is 5.75 Å². The molecule has 174 valence electrons. The number of piperazine rings is 1. The molecule has 0 bridgehead atoms. The lowest BCUT2D eigenvalue weighted by Gasteiger charge is -2.40. The van der Waals surface area contributed by atoms with Gasteiger partial charge in [-0.15, -0.1) is 0 Å². The first-order chi connectivity index (χ1) is 15.2. The zero-order chi connectivity index (χ0) is 22.9. The molecule has 0 amide bonds. The van der Waals surface area contributed by atoms with E-state index in [1.165, 1.54) is 12.1 Å². The van der Waals surface area contributed by atoms with Gasteiger partial charge in [0.1, 0.15) is 5.75 Å². The van der Waals surface area contributed by atoms with Crippen LogP contribution in [0.1, 0.15) is 6.92 Å². The highest BCUT2D eigenvalue weighted by Crippen LogP contribution is 2.31. The van der Waals surface area contributed by atoms with Gasteiger partial charge in [0, 0.05) is 42.9 Å². The maximum Gasteiger partial charge on any atom is 0.183 e. The van der Waals surface area contributed by atoms with Gasteiger partial charge in [0.05, 0.1) is 28.3 Å². The van der Waals surface area contributed by atoms with E-state index in [4.69, 9.17) is 16.3 Å². The lowest BCUT2D eigenvalue weighted by atomic mass is 10.1. The van der Waals surface area contributed by atoms with Crippen LogP contribution < -0.4 is 9.64 Å². The van der Waals surface area contributed by atoms with Crippen LogP contribution in [0, 0.1) is 0 Å². The van der Waals surface area contributed by atoms with E-state index in [2.05, 4.69) is 4.90 Å². The average Bonchev–Trinajstić information content (AvgIpc) is 3.11. The Labute approximate surface area is 194 Å². The van der Waals surface area contributed by atoms with Crippen LogP contribution in [0.5, 0.6) is 5.75 Å². The number of sulfone groups is 2. The topological polar surface area (TPSA) is 84.0 Å². The highest BCUT2D eigenvalue weighted by atomic mass is 35.5. The molecule has 2 heterocycles. The third kappa shape index (κ3) is 4.90. The van der Waals surface area contributed by atoms with E-state index in [-0.39, 0.29) is 16.4 Å². The third-order valence-corrected chi connectivity index (χ3v) is 10.5. The SMILES string of the molecule is CCOc1ccc(S(=O)(=O)[C@@H]2CS(=O)(=O)C[C@H]2N2CCN(c3cccc(Cl)c3)CC2)cc1. The first-order valence-corrected chi connectivity index (χ1v) is 14.4. The molecule has 2 fully saturated rings. The lowest BCUT2D eigenvalue weighted by molar-refractivity contribution is 0.201. The predicted octanol–water partition coefficient (Wildman–Crippen LogP) is 2.50. The molecule has 0 spiro atoms. The Hall–Kier alpha value is -1.81. The minimum atomic E-state index is -3.82. The maximum absolute atomic E-state index is 13.4. The highest BCUT2D eigenvalue weighted by Gasteiger charge is 2.48. The third-order valence-electron chi connectivity index (χ3n) is 6.09. The van der Waals surface area contributed by atoms with Crippen LogP contribution in [0.25, 0.3) is 0 Å². The highest BCUT2D eigenvalue weighted by molar-refractivity contribution is 7.96. The van der Waals surface area contributed by atoms with Gasteiger partial charge in [-0.2, -0.15) is 0 Å². The van der Waals surface area contributed by atoms with E-state index < -0.39 is 31.0 Å². The first kappa shape index (κ1) is 23.4. The number of benzene rings is 2. The van der Waals surface area contributed by atoms with Crippen LogP contribution in [0.2, 0.25) is 5.02 Å². The Kier molecular flexibility index (Phi) is 6.72. The number of ether oxygens (including phenoxy) is 1. The molecular formula is C22H27ClN2O5S2. The van der Waals surface area contributed by atoms with E-state index in [9.17, 15) is 16.8 Å². The zero-order valence-corrected chi connectivity index (χ0v) is 20.2. The first-order valence-electron chi connectivity index (χ1n) is 10.6. The molecular weight excluding hydrogens is 472 g/mol. The summed E-state index contributed by atoms with van der Waals surface area (Å²) in [5.41, 5.74) is 1.01. The summed E-state index contributed by atoms with van der Waals surface area (Å²) in [5.74, 6) is 0.103. The van der Waals surface area contributed by atoms with Gasteiger partial charge in [-0.05, 0) is 49.4 Å². The van der Waals surface area contributed by atoms with Gasteiger partial charge in [0.2, 0.25) is 0 Å². The van der Waals surface area contributed by atoms with E-state index in [0.717, 1.165) is 5.69 Å². The van der Waals surface area contributed by atoms with Gasteiger partial charge in [-0.1, -0.05) is 17.7 Å². The van der Waals surface area contributed by atoms with Crippen LogP contribution in [0.4, 0.5) is 5.69 Å². The van der Waals surface area contributed by atoms with Crippen molar-refractivity contribution in [3.05, 3.63) is 53.6 Å². The Morgan fingerprint density at radius 3 is 2.34 bits per heavy atom. The molecule has 2 aromatic carbocycles. The number of halogens is 1. The van der Waals surface area contributed by atoms with Crippen molar-refractivity contribution in [1.82, 2.24) is 4.90 Å². The van der Waals surface area contributed by atoms with Crippen molar-refractivity contribution in [1.29, 1.82) is 0 Å². The van der Waals surface area contributed by atoms with E-state index in [0.29, 0.717) is 43.6 Å². The molecule has 2 saturated heterocycles. The molecule has 2 aliphatic heterocycles. The molecule has 0 N–H and O–H groups in total. The fraction of sp³-hybridized carbons (Fsp3) is 0.455. The smallest absolute Gasteiger partial charge is 0.183 e. The van der Waals surface area contributed by atoms with Gasteiger partial charge in [-0.3, -0.25) is 4.90 Å². The van der Waals surface area contributed by atoms with Crippen LogP contribution in [0.15, 0.2) is 53.4 Å². The molecule has 0 saturated carbocycles. The second-order valence-electron chi connectivity index (χ2n) is 8.14. The number of hydrogen-bond donors (Lipinski definition) is 0. The van der Waals surface area contributed by atoms with Crippen molar-refractivity contribution < 1.29 is 21.6 Å². The average molecular weight is 499 g/mol. The summed E-state index contributed by atoms with van der Waals surface area (Å²) in [6, 6.07) is 13.3. The summed E-state index contributed by atoms with van der Waals surface area (Å²) in [7, 11) is -7.27. The molecule has 7 nitrogen and oxygen atoms in total. The van der Waals surface area contributed by atoms with Crippen LogP contribution in [0.3, 0.4) is 0 Å². The standard InChI is InChI=1S/C22H27ClN2O5S2/c1-2-30-19-6-8-20(9-7-19)32(28,29)22-16-31(26,27)15-21(22)25-12-10-24(11-13-25)18-5-3-4-17(23)14-18/h3-9,14,21-22H,2,10-13,15-16H2,1H3/t21-,22-/m1/s1. The van der Waals surface area contributed by atoms with E-state index >= 15 is 0 Å². The molecule has 2 aliphatic rings. The van der Waals surface area contributed by atoms with Gasteiger partial charge in [-0.25, -0.2) is 16.8 Å². The summed E-state index contributed by atoms with van der Waals surface area (Å²) in [6.45, 7) is 4.85. The van der Waals surface area contributed by atoms with E-state index in [1.807, 2.05) is 36.1 Å². The van der Waals surface area contributed by atoms with Crippen molar-refractivity contribution in [2.75, 3.05) is 49.2 Å². The Morgan fingerprint density at radius 2 is 1.72 bits per heavy atom. The van der Waals surface area contributed by atoms with Crippen molar-refractivity contribution in [3.63, 3.8) is 0 Å². The van der Waals surface area contributed by atoms with Gasteiger partial charge < -0.3 is 9.64 Å². The Balaban J connectivity index is 1.53. The number of hydrogen-bond acceptors (Lipinski definition) is 7. The van der Waals surface area contributed by atoms with Crippen molar-refractivity contribution in [2.45, 2.75) is 23.1 Å². The van der Waals surface area contributed by atoms with Gasteiger partial charge in [0.15, 0.2) is 19.7 Å². The molecule has 0 radical (unpaired) electrons. The largest absolute Gasteiger partial charge is 0.494 e. The van der Waals surface area contributed by atoms with Crippen molar-refractivity contribution >= 4 is 37.0 Å². The lowest BCUT2D eigenvalue weighted by Crippen LogP contribution is -2.55. The minimum absolute atomic E-state index is 0.130. The molecule has 0 unspecified atom stereocenters. The fourth-order valence-electron chi connectivity index (χ4n) is 4.49. The van der Waals surface area contributed by atoms with Gasteiger partial charge >= 0.3 is 0 Å². The predicted molar refractivity (Wildman–Crippen MR) is 126 cm³/mol. The van der Waals surface area contributed by atoms with Crippen LogP contribution in [-0.4, -0.2) is 77.3 Å². The van der Waals surface area contributed by atoms with Crippen LogP contribution >= 0.6 is 11.6 Å². The molecule has 32 heavy (non-hydrogen) atoms. The summed E-state index contributed by atoms with van der Waals surface area (Å²) < 4.78 is 57.2. The van der Waals surface area contributed by atoms with E-state index in [1.54, 1.807) is 12.1 Å². The molecule has 2 atom stereocenters. The molecule has 2 aromatic rings. The number of rotatable bonds is 6. The van der Waals surface area contributed by atoms with Crippen LogP contribution in [-0.2, 0) is 19.7 Å². The summed E-state index contributed by atoms with van der Waals surface area (Å²) in [6.07, 6.45) is 0. The quantitative estimate of drug-likeness (QED) is 0.605. The molecule has 0 aromatic heterocycles. The Morgan fingerprint density at radius 1 is 1.03 bits per heavy atom.